The van der Waals surface area contributed by atoms with Crippen LogP contribution < -0.4 is 5.56 Å². The van der Waals surface area contributed by atoms with Gasteiger partial charge in [-0.15, -0.1) is 0 Å². The maximum absolute atomic E-state index is 12.7. The molecule has 5 heteroatoms. The van der Waals surface area contributed by atoms with Gasteiger partial charge in [-0.1, -0.05) is 12.8 Å². The van der Waals surface area contributed by atoms with Crippen LogP contribution in [0.3, 0.4) is 0 Å². The van der Waals surface area contributed by atoms with Gasteiger partial charge in [-0.25, -0.2) is 4.98 Å². The molecule has 3 rings (SSSR count). The highest BCUT2D eigenvalue weighted by Gasteiger charge is 2.21. The number of aromatic nitrogens is 2. The van der Waals surface area contributed by atoms with E-state index in [1.807, 2.05) is 17.0 Å². The molecule has 1 aliphatic rings. The van der Waals surface area contributed by atoms with E-state index in [4.69, 9.17) is 0 Å². The van der Waals surface area contributed by atoms with Crippen LogP contribution in [0.1, 0.15) is 36.0 Å². The van der Waals surface area contributed by atoms with Crippen molar-refractivity contribution in [3.8, 4) is 0 Å². The second kappa shape index (κ2) is 5.68. The molecule has 3 heterocycles. The van der Waals surface area contributed by atoms with Crippen molar-refractivity contribution in [2.75, 3.05) is 13.1 Å². The zero-order valence-corrected chi connectivity index (χ0v) is 12.2. The Labute approximate surface area is 123 Å². The monoisotopic (exact) mass is 285 g/mol. The normalized spacial score (nSPS) is 16.0. The van der Waals surface area contributed by atoms with Crippen LogP contribution in [-0.2, 0) is 7.05 Å². The molecule has 2 aromatic heterocycles. The third-order valence-electron chi connectivity index (χ3n) is 4.09. The molecule has 0 spiro atoms. The van der Waals surface area contributed by atoms with Gasteiger partial charge in [-0.05, 0) is 31.0 Å². The van der Waals surface area contributed by atoms with Crippen LogP contribution in [0.4, 0.5) is 0 Å². The summed E-state index contributed by atoms with van der Waals surface area (Å²) in [6, 6.07) is 5.37. The maximum Gasteiger partial charge on any atom is 0.264 e. The summed E-state index contributed by atoms with van der Waals surface area (Å²) in [5.74, 6) is -0.150. The molecule has 1 fully saturated rings. The second-order valence-electron chi connectivity index (χ2n) is 5.54. The molecule has 0 aliphatic carbocycles. The van der Waals surface area contributed by atoms with E-state index in [-0.39, 0.29) is 17.0 Å². The summed E-state index contributed by atoms with van der Waals surface area (Å²) in [6.45, 7) is 1.49. The molecule has 0 bridgehead atoms. The summed E-state index contributed by atoms with van der Waals surface area (Å²) in [6.07, 6.45) is 5.99. The first kappa shape index (κ1) is 13.8. The van der Waals surface area contributed by atoms with Gasteiger partial charge in [0.25, 0.3) is 11.5 Å². The lowest BCUT2D eigenvalue weighted by molar-refractivity contribution is 0.0759. The fraction of sp³-hybridized carbons (Fsp3) is 0.438. The first-order chi connectivity index (χ1) is 10.2. The van der Waals surface area contributed by atoms with Gasteiger partial charge < -0.3 is 4.90 Å². The van der Waals surface area contributed by atoms with E-state index in [9.17, 15) is 9.59 Å². The number of amides is 1. The average molecular weight is 285 g/mol. The van der Waals surface area contributed by atoms with Crippen LogP contribution in [0.25, 0.3) is 11.0 Å². The van der Waals surface area contributed by atoms with E-state index in [1.54, 1.807) is 19.3 Å². The van der Waals surface area contributed by atoms with Gasteiger partial charge in [-0.3, -0.25) is 14.2 Å². The zero-order chi connectivity index (χ0) is 14.8. The van der Waals surface area contributed by atoms with Crippen molar-refractivity contribution < 1.29 is 4.79 Å². The predicted molar refractivity (Wildman–Crippen MR) is 81.4 cm³/mol. The van der Waals surface area contributed by atoms with E-state index >= 15 is 0 Å². The molecule has 110 valence electrons. The summed E-state index contributed by atoms with van der Waals surface area (Å²) in [7, 11) is 1.66. The highest BCUT2D eigenvalue weighted by atomic mass is 16.2. The lowest BCUT2D eigenvalue weighted by Gasteiger charge is -2.20. The van der Waals surface area contributed by atoms with E-state index in [0.717, 1.165) is 44.2 Å². The molecule has 0 atom stereocenters. The minimum absolute atomic E-state index is 0.150. The molecule has 0 aromatic carbocycles. The minimum Gasteiger partial charge on any atom is -0.338 e. The van der Waals surface area contributed by atoms with Gasteiger partial charge in [-0.2, -0.15) is 0 Å². The topological polar surface area (TPSA) is 55.2 Å². The Bertz CT molecular complexity index is 728. The molecule has 1 aliphatic heterocycles. The Kier molecular flexibility index (Phi) is 3.73. The highest BCUT2D eigenvalue weighted by Crippen LogP contribution is 2.14. The van der Waals surface area contributed by atoms with E-state index in [1.165, 1.54) is 4.57 Å². The van der Waals surface area contributed by atoms with Crippen LogP contribution in [0, 0.1) is 0 Å². The van der Waals surface area contributed by atoms with Gasteiger partial charge in [0.1, 0.15) is 11.2 Å². The number of rotatable bonds is 1. The zero-order valence-electron chi connectivity index (χ0n) is 12.2. The Balaban J connectivity index is 2.05. The molecule has 1 amide bonds. The van der Waals surface area contributed by atoms with Gasteiger partial charge >= 0.3 is 0 Å². The SMILES string of the molecule is Cn1c(=O)c(C(=O)N2CCCCCC2)cc2cccnc21. The number of pyridine rings is 2. The Morgan fingerprint density at radius 3 is 2.62 bits per heavy atom. The lowest BCUT2D eigenvalue weighted by atomic mass is 10.1. The van der Waals surface area contributed by atoms with Crippen LogP contribution in [0.5, 0.6) is 0 Å². The molecule has 0 N–H and O–H groups in total. The second-order valence-corrected chi connectivity index (χ2v) is 5.54. The fourth-order valence-corrected chi connectivity index (χ4v) is 2.89. The molecule has 2 aromatic rings. The number of nitrogens with zero attached hydrogens (tertiary/aromatic N) is 3. The van der Waals surface area contributed by atoms with Gasteiger partial charge in [0.15, 0.2) is 0 Å². The molecule has 0 unspecified atom stereocenters. The van der Waals surface area contributed by atoms with Crippen molar-refractivity contribution in [3.63, 3.8) is 0 Å². The largest absolute Gasteiger partial charge is 0.338 e. The summed E-state index contributed by atoms with van der Waals surface area (Å²) < 4.78 is 1.46. The highest BCUT2D eigenvalue weighted by molar-refractivity contribution is 5.96. The summed E-state index contributed by atoms with van der Waals surface area (Å²) in [4.78, 5) is 31.1. The third kappa shape index (κ3) is 2.55. The van der Waals surface area contributed by atoms with E-state index < -0.39 is 0 Å². The number of carbonyl (C=O) groups is 1. The molecule has 0 saturated carbocycles. The summed E-state index contributed by atoms with van der Waals surface area (Å²) in [5, 5.41) is 0.817. The van der Waals surface area contributed by atoms with Crippen LogP contribution >= 0.6 is 0 Å². The van der Waals surface area contributed by atoms with E-state index in [0.29, 0.717) is 5.65 Å². The Morgan fingerprint density at radius 2 is 1.90 bits per heavy atom. The van der Waals surface area contributed by atoms with Crippen LogP contribution in [-0.4, -0.2) is 33.4 Å². The van der Waals surface area contributed by atoms with Gasteiger partial charge in [0, 0.05) is 31.7 Å². The number of fused-ring (bicyclic) bond motifs is 1. The van der Waals surface area contributed by atoms with Crippen molar-refractivity contribution in [1.82, 2.24) is 14.5 Å². The first-order valence-corrected chi connectivity index (χ1v) is 7.42. The first-order valence-electron chi connectivity index (χ1n) is 7.42. The Hall–Kier alpha value is -2.17. The molecular formula is C16H19N3O2. The van der Waals surface area contributed by atoms with Crippen molar-refractivity contribution in [2.24, 2.45) is 7.05 Å². The number of aryl methyl sites for hydroxylation is 1. The van der Waals surface area contributed by atoms with Crippen molar-refractivity contribution in [2.45, 2.75) is 25.7 Å². The molecule has 0 radical (unpaired) electrons. The summed E-state index contributed by atoms with van der Waals surface area (Å²) in [5.41, 5.74) is 0.588. The molecule has 5 nitrogen and oxygen atoms in total. The standard InChI is InChI=1S/C16H19N3O2/c1-18-14-12(7-6-8-17-14)11-13(15(18)20)16(21)19-9-4-2-3-5-10-19/h6-8,11H,2-5,9-10H2,1H3. The van der Waals surface area contributed by atoms with E-state index in [2.05, 4.69) is 4.98 Å². The minimum atomic E-state index is -0.268. The lowest BCUT2D eigenvalue weighted by Crippen LogP contribution is -2.37. The van der Waals surface area contributed by atoms with Crippen molar-refractivity contribution >= 4 is 16.9 Å². The van der Waals surface area contributed by atoms with Gasteiger partial charge in [0.05, 0.1) is 0 Å². The Morgan fingerprint density at radius 1 is 1.19 bits per heavy atom. The molecular weight excluding hydrogens is 266 g/mol. The van der Waals surface area contributed by atoms with Gasteiger partial charge in [0.2, 0.25) is 0 Å². The smallest absolute Gasteiger partial charge is 0.264 e. The average Bonchev–Trinajstić information content (AvgIpc) is 2.79. The number of likely N-dealkylation sites (tertiary alicyclic amines) is 1. The number of hydrogen-bond donors (Lipinski definition) is 0. The quantitative estimate of drug-likeness (QED) is 0.804. The fourth-order valence-electron chi connectivity index (χ4n) is 2.89. The van der Waals surface area contributed by atoms with Crippen molar-refractivity contribution in [1.29, 1.82) is 0 Å². The van der Waals surface area contributed by atoms with Crippen LogP contribution in [0.15, 0.2) is 29.2 Å². The summed E-state index contributed by atoms with van der Waals surface area (Å²) >= 11 is 0. The van der Waals surface area contributed by atoms with Crippen LogP contribution in [0.2, 0.25) is 0 Å². The third-order valence-corrected chi connectivity index (χ3v) is 4.09. The maximum atomic E-state index is 12.7. The van der Waals surface area contributed by atoms with Crippen molar-refractivity contribution in [3.05, 3.63) is 40.3 Å². The predicted octanol–water partition coefficient (Wildman–Crippen LogP) is 1.95. The number of carbonyl (C=O) groups excluding carboxylic acids is 1. The number of hydrogen-bond acceptors (Lipinski definition) is 3. The molecule has 1 saturated heterocycles. The molecule has 21 heavy (non-hydrogen) atoms.